The lowest BCUT2D eigenvalue weighted by atomic mass is 10.1. The van der Waals surface area contributed by atoms with Crippen molar-refractivity contribution < 1.29 is 9.18 Å². The quantitative estimate of drug-likeness (QED) is 0.185. The van der Waals surface area contributed by atoms with E-state index in [0.29, 0.717) is 6.54 Å². The third kappa shape index (κ3) is 6.53. The molecule has 4 aromatic rings. The maximum absolute atomic E-state index is 12.9. The van der Waals surface area contributed by atoms with Crippen molar-refractivity contribution >= 4 is 43.7 Å². The summed E-state index contributed by atoms with van der Waals surface area (Å²) in [7, 11) is 0. The minimum atomic E-state index is -0.194. The van der Waals surface area contributed by atoms with Crippen LogP contribution in [-0.4, -0.2) is 12.5 Å². The van der Waals surface area contributed by atoms with Gasteiger partial charge in [-0.15, -0.1) is 22.7 Å². The number of benzene rings is 2. The van der Waals surface area contributed by atoms with Gasteiger partial charge in [0.25, 0.3) is 5.91 Å². The molecule has 2 aromatic carbocycles. The van der Waals surface area contributed by atoms with Crippen molar-refractivity contribution in [2.24, 2.45) is 0 Å². The number of hydrogen-bond donors (Lipinski definition) is 2. The molecule has 0 aliphatic heterocycles. The predicted octanol–water partition coefficient (Wildman–Crippen LogP) is 7.33. The second kappa shape index (κ2) is 11.3. The summed E-state index contributed by atoms with van der Waals surface area (Å²) >= 11 is 3.22. The normalized spacial score (nSPS) is 11.3. The second-order valence-electron chi connectivity index (χ2n) is 7.91. The number of rotatable bonds is 10. The van der Waals surface area contributed by atoms with Gasteiger partial charge < -0.3 is 10.6 Å². The van der Waals surface area contributed by atoms with Crippen LogP contribution in [0.1, 0.15) is 38.5 Å². The molecule has 1 amide bonds. The van der Waals surface area contributed by atoms with E-state index in [4.69, 9.17) is 0 Å². The van der Waals surface area contributed by atoms with Gasteiger partial charge in [0, 0.05) is 16.1 Å². The zero-order valence-electron chi connectivity index (χ0n) is 18.6. The molecule has 0 aliphatic rings. The topological polar surface area (TPSA) is 41.1 Å². The van der Waals surface area contributed by atoms with Crippen LogP contribution < -0.4 is 10.6 Å². The minimum absolute atomic E-state index is 0.0244. The molecule has 0 saturated carbocycles. The highest BCUT2D eigenvalue weighted by Crippen LogP contribution is 2.28. The molecule has 0 bridgehead atoms. The Balaban J connectivity index is 1.19. The summed E-state index contributed by atoms with van der Waals surface area (Å²) in [5.74, 6) is -0.218. The molecule has 2 N–H and O–H groups in total. The van der Waals surface area contributed by atoms with Crippen LogP contribution in [0.5, 0.6) is 0 Å². The molecule has 0 spiro atoms. The number of aryl methyl sites for hydroxylation is 2. The van der Waals surface area contributed by atoms with Gasteiger partial charge >= 0.3 is 0 Å². The lowest BCUT2D eigenvalue weighted by molar-refractivity contribution is 0.0955. The minimum Gasteiger partial charge on any atom is -0.377 e. The third-order valence-corrected chi connectivity index (χ3v) is 7.62. The number of carbonyl (C=O) groups is 1. The highest BCUT2D eigenvalue weighted by Gasteiger charge is 2.14. The van der Waals surface area contributed by atoms with Crippen molar-refractivity contribution in [1.82, 2.24) is 5.32 Å². The van der Waals surface area contributed by atoms with Crippen LogP contribution in [0.2, 0.25) is 0 Å². The first-order chi connectivity index (χ1) is 16.1. The Morgan fingerprint density at radius 1 is 1.00 bits per heavy atom. The second-order valence-corrected chi connectivity index (χ2v) is 10.1. The van der Waals surface area contributed by atoms with E-state index in [-0.39, 0.29) is 11.7 Å². The van der Waals surface area contributed by atoms with E-state index < -0.39 is 0 Å². The van der Waals surface area contributed by atoms with Gasteiger partial charge in [0.05, 0.1) is 16.4 Å². The Labute approximate surface area is 202 Å². The number of amides is 1. The summed E-state index contributed by atoms with van der Waals surface area (Å²) in [5, 5.41) is 8.71. The Morgan fingerprint density at radius 2 is 1.79 bits per heavy atom. The van der Waals surface area contributed by atoms with E-state index in [2.05, 4.69) is 41.0 Å². The lowest BCUT2D eigenvalue weighted by Gasteiger charge is -2.02. The zero-order valence-corrected chi connectivity index (χ0v) is 20.2. The van der Waals surface area contributed by atoms with Crippen molar-refractivity contribution in [2.75, 3.05) is 11.9 Å². The predicted molar refractivity (Wildman–Crippen MR) is 139 cm³/mol. The number of nitrogens with one attached hydrogen (secondary N) is 2. The fourth-order valence-corrected chi connectivity index (χ4v) is 5.60. The fourth-order valence-electron chi connectivity index (χ4n) is 3.58. The number of thiophene rings is 2. The SMILES string of the molecule is Cc1cc(NCC/C=C/CCc2ccc(F)cc2)sc1C(=O)NCc1cc2ccccc2s1. The largest absolute Gasteiger partial charge is 0.377 e. The van der Waals surface area contributed by atoms with Gasteiger partial charge in [-0.05, 0) is 73.0 Å². The summed E-state index contributed by atoms with van der Waals surface area (Å²) in [6.07, 6.45) is 7.09. The molecular formula is C27H27FN2OS2. The first kappa shape index (κ1) is 23.2. The number of halogens is 1. The van der Waals surface area contributed by atoms with Crippen LogP contribution in [0.4, 0.5) is 9.39 Å². The molecule has 170 valence electrons. The third-order valence-electron chi connectivity index (χ3n) is 5.31. The summed E-state index contributed by atoms with van der Waals surface area (Å²) in [5.41, 5.74) is 2.14. The summed E-state index contributed by atoms with van der Waals surface area (Å²) in [4.78, 5) is 14.6. The number of allylic oxidation sites excluding steroid dienone is 1. The van der Waals surface area contributed by atoms with Crippen LogP contribution in [0, 0.1) is 12.7 Å². The highest BCUT2D eigenvalue weighted by molar-refractivity contribution is 7.19. The number of anilines is 1. The van der Waals surface area contributed by atoms with Crippen molar-refractivity contribution in [3.63, 3.8) is 0 Å². The maximum Gasteiger partial charge on any atom is 0.261 e. The van der Waals surface area contributed by atoms with E-state index in [1.807, 2.05) is 37.3 Å². The summed E-state index contributed by atoms with van der Waals surface area (Å²) < 4.78 is 14.2. The van der Waals surface area contributed by atoms with Crippen LogP contribution in [0.3, 0.4) is 0 Å². The molecule has 2 aromatic heterocycles. The smallest absolute Gasteiger partial charge is 0.261 e. The summed E-state index contributed by atoms with van der Waals surface area (Å²) in [6, 6.07) is 19.1. The number of hydrogen-bond acceptors (Lipinski definition) is 4. The van der Waals surface area contributed by atoms with E-state index in [1.165, 1.54) is 33.6 Å². The van der Waals surface area contributed by atoms with E-state index >= 15 is 0 Å². The number of fused-ring (bicyclic) bond motifs is 1. The van der Waals surface area contributed by atoms with E-state index in [9.17, 15) is 9.18 Å². The Kier molecular flexibility index (Phi) is 7.92. The van der Waals surface area contributed by atoms with Crippen LogP contribution in [-0.2, 0) is 13.0 Å². The fraction of sp³-hybridized carbons (Fsp3) is 0.222. The van der Waals surface area contributed by atoms with Crippen molar-refractivity contribution in [3.8, 4) is 0 Å². The van der Waals surface area contributed by atoms with Crippen molar-refractivity contribution in [1.29, 1.82) is 0 Å². The molecular weight excluding hydrogens is 451 g/mol. The molecule has 0 fully saturated rings. The Hall–Kier alpha value is -2.96. The molecule has 0 aliphatic carbocycles. The molecule has 6 heteroatoms. The van der Waals surface area contributed by atoms with Crippen LogP contribution >= 0.6 is 22.7 Å². The van der Waals surface area contributed by atoms with Gasteiger partial charge in [-0.25, -0.2) is 4.39 Å². The van der Waals surface area contributed by atoms with Gasteiger partial charge in [-0.2, -0.15) is 0 Å². The van der Waals surface area contributed by atoms with E-state index in [1.54, 1.807) is 11.3 Å². The molecule has 3 nitrogen and oxygen atoms in total. The molecule has 4 rings (SSSR count). The summed E-state index contributed by atoms with van der Waals surface area (Å²) in [6.45, 7) is 3.34. The molecule has 0 saturated heterocycles. The first-order valence-corrected chi connectivity index (χ1v) is 12.7. The average Bonchev–Trinajstić information content (AvgIpc) is 3.41. The van der Waals surface area contributed by atoms with Crippen molar-refractivity contribution in [3.05, 3.63) is 99.5 Å². The van der Waals surface area contributed by atoms with Crippen LogP contribution in [0.25, 0.3) is 10.1 Å². The Bertz CT molecular complexity index is 1210. The monoisotopic (exact) mass is 478 g/mol. The molecule has 33 heavy (non-hydrogen) atoms. The molecule has 0 unspecified atom stereocenters. The zero-order chi connectivity index (χ0) is 23.0. The van der Waals surface area contributed by atoms with E-state index in [0.717, 1.165) is 51.7 Å². The van der Waals surface area contributed by atoms with Crippen molar-refractivity contribution in [2.45, 2.75) is 32.7 Å². The first-order valence-electron chi connectivity index (χ1n) is 11.1. The average molecular weight is 479 g/mol. The van der Waals surface area contributed by atoms with Gasteiger partial charge in [0.2, 0.25) is 0 Å². The van der Waals surface area contributed by atoms with Gasteiger partial charge in [0.15, 0.2) is 0 Å². The maximum atomic E-state index is 12.9. The van der Waals surface area contributed by atoms with Crippen LogP contribution in [0.15, 0.2) is 72.8 Å². The molecule has 2 heterocycles. The number of carbonyl (C=O) groups excluding carboxylic acids is 1. The van der Waals surface area contributed by atoms with Gasteiger partial charge in [0.1, 0.15) is 5.82 Å². The van der Waals surface area contributed by atoms with Gasteiger partial charge in [-0.3, -0.25) is 4.79 Å². The Morgan fingerprint density at radius 3 is 2.61 bits per heavy atom. The standard InChI is InChI=1S/C27H27FN2OS2/c1-19-16-25(29-15-7-3-2-4-8-20-11-13-22(28)14-12-20)33-26(19)27(31)30-18-23-17-21-9-5-6-10-24(21)32-23/h2-3,5-6,9-14,16-17,29H,4,7-8,15,18H2,1H3,(H,30,31)/b3-2+. The molecule has 0 radical (unpaired) electrons. The molecule has 0 atom stereocenters. The lowest BCUT2D eigenvalue weighted by Crippen LogP contribution is -2.21. The highest BCUT2D eigenvalue weighted by atomic mass is 32.1. The van der Waals surface area contributed by atoms with Gasteiger partial charge in [-0.1, -0.05) is 42.5 Å².